The molecule has 8 heteroatoms. The molecule has 0 aromatic heterocycles. The van der Waals surface area contributed by atoms with Crippen molar-refractivity contribution in [3.8, 4) is 11.5 Å². The van der Waals surface area contributed by atoms with Crippen molar-refractivity contribution in [3.05, 3.63) is 84.4 Å². The second-order valence-corrected chi connectivity index (χ2v) is 8.48. The summed E-state index contributed by atoms with van der Waals surface area (Å²) in [6.07, 6.45) is 0. The zero-order chi connectivity index (χ0) is 22.3. The average molecular weight is 441 g/mol. The van der Waals surface area contributed by atoms with Crippen LogP contribution in [0.4, 0.5) is 5.69 Å². The Morgan fingerprint density at radius 1 is 0.903 bits per heavy atom. The predicted octanol–water partition coefficient (Wildman–Crippen LogP) is 3.75. The SMILES string of the molecule is COc1ccc(NS(=O)(=O)c2ccc(OCC(=O)N[C@H](C)c3ccccc3)cc2)cc1. The van der Waals surface area contributed by atoms with Crippen LogP contribution in [-0.4, -0.2) is 28.0 Å². The Morgan fingerprint density at radius 2 is 1.52 bits per heavy atom. The van der Waals surface area contributed by atoms with Crippen molar-refractivity contribution in [3.63, 3.8) is 0 Å². The normalized spacial score (nSPS) is 11.9. The van der Waals surface area contributed by atoms with Gasteiger partial charge in [0, 0.05) is 5.69 Å². The van der Waals surface area contributed by atoms with Crippen molar-refractivity contribution in [2.24, 2.45) is 0 Å². The summed E-state index contributed by atoms with van der Waals surface area (Å²) in [7, 11) is -2.22. The summed E-state index contributed by atoms with van der Waals surface area (Å²) < 4.78 is 38.1. The highest BCUT2D eigenvalue weighted by molar-refractivity contribution is 7.92. The van der Waals surface area contributed by atoms with E-state index in [-0.39, 0.29) is 23.5 Å². The maximum atomic E-state index is 12.5. The lowest BCUT2D eigenvalue weighted by atomic mass is 10.1. The van der Waals surface area contributed by atoms with Crippen LogP contribution in [-0.2, 0) is 14.8 Å². The summed E-state index contributed by atoms with van der Waals surface area (Å²) in [5.74, 6) is 0.756. The highest BCUT2D eigenvalue weighted by Crippen LogP contribution is 2.21. The molecule has 0 saturated heterocycles. The molecule has 0 fully saturated rings. The average Bonchev–Trinajstić information content (AvgIpc) is 2.79. The molecule has 3 aromatic rings. The molecule has 162 valence electrons. The summed E-state index contributed by atoms with van der Waals surface area (Å²) in [5.41, 5.74) is 1.42. The van der Waals surface area contributed by atoms with E-state index < -0.39 is 10.0 Å². The Labute approximate surface area is 182 Å². The maximum Gasteiger partial charge on any atom is 0.261 e. The molecule has 0 radical (unpaired) electrons. The molecule has 31 heavy (non-hydrogen) atoms. The Morgan fingerprint density at radius 3 is 2.13 bits per heavy atom. The van der Waals surface area contributed by atoms with Gasteiger partial charge in [0.25, 0.3) is 15.9 Å². The molecule has 3 rings (SSSR count). The first-order chi connectivity index (χ1) is 14.9. The lowest BCUT2D eigenvalue weighted by Gasteiger charge is -2.15. The van der Waals surface area contributed by atoms with Crippen LogP contribution in [0.25, 0.3) is 0 Å². The van der Waals surface area contributed by atoms with Gasteiger partial charge in [-0.05, 0) is 61.0 Å². The number of rotatable bonds is 9. The van der Waals surface area contributed by atoms with Gasteiger partial charge >= 0.3 is 0 Å². The highest BCUT2D eigenvalue weighted by atomic mass is 32.2. The van der Waals surface area contributed by atoms with E-state index in [4.69, 9.17) is 9.47 Å². The predicted molar refractivity (Wildman–Crippen MR) is 119 cm³/mol. The lowest BCUT2D eigenvalue weighted by Crippen LogP contribution is -2.31. The van der Waals surface area contributed by atoms with E-state index in [2.05, 4.69) is 10.0 Å². The molecular weight excluding hydrogens is 416 g/mol. The summed E-state index contributed by atoms with van der Waals surface area (Å²) in [5, 5.41) is 2.86. The van der Waals surface area contributed by atoms with E-state index in [1.165, 1.54) is 31.4 Å². The van der Waals surface area contributed by atoms with E-state index in [9.17, 15) is 13.2 Å². The van der Waals surface area contributed by atoms with Gasteiger partial charge in [0.05, 0.1) is 18.0 Å². The maximum absolute atomic E-state index is 12.5. The standard InChI is InChI=1S/C23H24N2O5S/c1-17(18-6-4-3-5-7-18)24-23(26)16-30-21-12-14-22(15-13-21)31(27,28)25-19-8-10-20(29-2)11-9-19/h3-15,17,25H,16H2,1-2H3,(H,24,26)/t17-/m1/s1. The van der Waals surface area contributed by atoms with Gasteiger partial charge in [0.1, 0.15) is 11.5 Å². The van der Waals surface area contributed by atoms with Crippen LogP contribution in [0, 0.1) is 0 Å². The largest absolute Gasteiger partial charge is 0.497 e. The third kappa shape index (κ3) is 6.23. The van der Waals surface area contributed by atoms with Gasteiger partial charge in [-0.15, -0.1) is 0 Å². The Balaban J connectivity index is 1.54. The number of ether oxygens (including phenoxy) is 2. The van der Waals surface area contributed by atoms with Crippen LogP contribution >= 0.6 is 0 Å². The van der Waals surface area contributed by atoms with Gasteiger partial charge in [-0.25, -0.2) is 8.42 Å². The van der Waals surface area contributed by atoms with Crippen LogP contribution in [0.15, 0.2) is 83.8 Å². The molecule has 1 atom stereocenters. The smallest absolute Gasteiger partial charge is 0.261 e. The van der Waals surface area contributed by atoms with Crippen LogP contribution in [0.1, 0.15) is 18.5 Å². The van der Waals surface area contributed by atoms with Crippen molar-refractivity contribution < 1.29 is 22.7 Å². The number of hydrogen-bond acceptors (Lipinski definition) is 5. The topological polar surface area (TPSA) is 93.7 Å². The molecule has 0 heterocycles. The minimum Gasteiger partial charge on any atom is -0.497 e. The molecule has 0 spiro atoms. The fourth-order valence-electron chi connectivity index (χ4n) is 2.85. The fourth-order valence-corrected chi connectivity index (χ4v) is 3.90. The zero-order valence-electron chi connectivity index (χ0n) is 17.2. The number of amides is 1. The summed E-state index contributed by atoms with van der Waals surface area (Å²) in [6.45, 7) is 1.72. The summed E-state index contributed by atoms with van der Waals surface area (Å²) in [6, 6.07) is 21.9. The van der Waals surface area contributed by atoms with Crippen LogP contribution in [0.3, 0.4) is 0 Å². The van der Waals surface area contributed by atoms with Gasteiger partial charge in [0.15, 0.2) is 6.61 Å². The molecule has 1 amide bonds. The first-order valence-corrected chi connectivity index (χ1v) is 11.1. The molecule has 0 aliphatic heterocycles. The molecule has 3 aromatic carbocycles. The van der Waals surface area contributed by atoms with Gasteiger partial charge in [-0.2, -0.15) is 0 Å². The van der Waals surface area contributed by atoms with Crippen molar-refractivity contribution in [1.82, 2.24) is 5.32 Å². The van der Waals surface area contributed by atoms with Crippen molar-refractivity contribution in [2.45, 2.75) is 17.9 Å². The van der Waals surface area contributed by atoms with Crippen LogP contribution in [0.2, 0.25) is 0 Å². The molecule has 0 bridgehead atoms. The third-order valence-corrected chi connectivity index (χ3v) is 5.92. The number of carbonyl (C=O) groups excluding carboxylic acids is 1. The minimum absolute atomic E-state index is 0.0813. The van der Waals surface area contributed by atoms with Crippen LogP contribution in [0.5, 0.6) is 11.5 Å². The minimum atomic E-state index is -3.75. The van der Waals surface area contributed by atoms with Gasteiger partial charge < -0.3 is 14.8 Å². The van der Waals surface area contributed by atoms with E-state index in [0.29, 0.717) is 17.2 Å². The molecule has 0 saturated carbocycles. The van der Waals surface area contributed by atoms with Gasteiger partial charge in [-0.3, -0.25) is 9.52 Å². The van der Waals surface area contributed by atoms with Crippen molar-refractivity contribution in [2.75, 3.05) is 18.4 Å². The number of carbonyl (C=O) groups is 1. The van der Waals surface area contributed by atoms with E-state index in [1.807, 2.05) is 37.3 Å². The quantitative estimate of drug-likeness (QED) is 0.529. The third-order valence-electron chi connectivity index (χ3n) is 4.52. The number of nitrogens with one attached hydrogen (secondary N) is 2. The Bertz CT molecular complexity index is 1100. The Hall–Kier alpha value is -3.52. The number of hydrogen-bond donors (Lipinski definition) is 2. The van der Waals surface area contributed by atoms with Crippen molar-refractivity contribution in [1.29, 1.82) is 0 Å². The molecule has 0 unspecified atom stereocenters. The first-order valence-electron chi connectivity index (χ1n) is 9.61. The molecule has 0 aliphatic carbocycles. The number of methoxy groups -OCH3 is 1. The number of sulfonamides is 1. The fraction of sp³-hybridized carbons (Fsp3) is 0.174. The number of benzene rings is 3. The molecular formula is C23H24N2O5S. The summed E-state index contributed by atoms with van der Waals surface area (Å²) >= 11 is 0. The monoisotopic (exact) mass is 440 g/mol. The van der Waals surface area contributed by atoms with E-state index >= 15 is 0 Å². The lowest BCUT2D eigenvalue weighted by molar-refractivity contribution is -0.123. The van der Waals surface area contributed by atoms with Gasteiger partial charge in [0.2, 0.25) is 0 Å². The van der Waals surface area contributed by atoms with E-state index in [0.717, 1.165) is 5.56 Å². The second-order valence-electron chi connectivity index (χ2n) is 6.79. The van der Waals surface area contributed by atoms with Gasteiger partial charge in [-0.1, -0.05) is 30.3 Å². The van der Waals surface area contributed by atoms with Crippen LogP contribution < -0.4 is 19.5 Å². The molecule has 7 nitrogen and oxygen atoms in total. The second kappa shape index (κ2) is 9.99. The molecule has 2 N–H and O–H groups in total. The molecule has 0 aliphatic rings. The zero-order valence-corrected chi connectivity index (χ0v) is 18.1. The van der Waals surface area contributed by atoms with E-state index in [1.54, 1.807) is 24.3 Å². The Kier molecular flexibility index (Phi) is 7.15. The van der Waals surface area contributed by atoms with Crippen molar-refractivity contribution >= 4 is 21.6 Å². The summed E-state index contributed by atoms with van der Waals surface area (Å²) in [4.78, 5) is 12.2. The first kappa shape index (κ1) is 22.2. The number of anilines is 1. The highest BCUT2D eigenvalue weighted by Gasteiger charge is 2.15.